The van der Waals surface area contributed by atoms with E-state index >= 15 is 0 Å². The van der Waals surface area contributed by atoms with Gasteiger partial charge in [-0.2, -0.15) is 0 Å². The van der Waals surface area contributed by atoms with Gasteiger partial charge >= 0.3 is 0 Å². The summed E-state index contributed by atoms with van der Waals surface area (Å²) in [5, 5.41) is 13.4. The van der Waals surface area contributed by atoms with Crippen molar-refractivity contribution in [2.24, 2.45) is 11.5 Å². The first-order valence-corrected chi connectivity index (χ1v) is 5.49. The number of nitrogens with one attached hydrogen (secondary N) is 1. The van der Waals surface area contributed by atoms with Crippen molar-refractivity contribution in [2.75, 3.05) is 13.1 Å². The van der Waals surface area contributed by atoms with Crippen molar-refractivity contribution in [1.29, 1.82) is 0 Å². The lowest BCUT2D eigenvalue weighted by atomic mass is 10.1. The molecule has 0 saturated carbocycles. The maximum absolute atomic E-state index is 10.7. The van der Waals surface area contributed by atoms with E-state index < -0.39 is 16.9 Å². The molecule has 1 aromatic rings. The minimum Gasteiger partial charge on any atom is -0.368 e. The van der Waals surface area contributed by atoms with Crippen molar-refractivity contribution in [3.05, 3.63) is 39.9 Å². The first kappa shape index (κ1) is 14.1. The van der Waals surface area contributed by atoms with Crippen LogP contribution in [0.4, 0.5) is 5.69 Å². The molecular weight excluding hydrogens is 236 g/mol. The third-order valence-electron chi connectivity index (χ3n) is 2.47. The first-order valence-electron chi connectivity index (χ1n) is 5.49. The van der Waals surface area contributed by atoms with E-state index in [0.29, 0.717) is 19.5 Å². The van der Waals surface area contributed by atoms with Crippen LogP contribution in [0, 0.1) is 10.1 Å². The standard InChI is InChI=1S/C11H16N4O3/c12-10(11(13)16)7-14-6-5-8-1-3-9(4-2-8)15(17)18/h1-4,10,14H,5-7,12H2,(H2,13,16). The molecule has 1 aromatic carbocycles. The maximum atomic E-state index is 10.7. The van der Waals surface area contributed by atoms with Gasteiger partial charge in [-0.1, -0.05) is 12.1 Å². The van der Waals surface area contributed by atoms with Gasteiger partial charge in [-0.05, 0) is 18.5 Å². The largest absolute Gasteiger partial charge is 0.368 e. The molecule has 1 unspecified atom stereocenters. The van der Waals surface area contributed by atoms with Gasteiger partial charge in [0.2, 0.25) is 5.91 Å². The van der Waals surface area contributed by atoms with Gasteiger partial charge in [-0.15, -0.1) is 0 Å². The molecule has 5 N–H and O–H groups in total. The van der Waals surface area contributed by atoms with Gasteiger partial charge in [-0.3, -0.25) is 14.9 Å². The zero-order valence-electron chi connectivity index (χ0n) is 9.83. The fourth-order valence-corrected chi connectivity index (χ4v) is 1.38. The van der Waals surface area contributed by atoms with Crippen LogP contribution in [0.2, 0.25) is 0 Å². The van der Waals surface area contributed by atoms with Crippen molar-refractivity contribution in [3.63, 3.8) is 0 Å². The minimum atomic E-state index is -0.693. The second-order valence-electron chi connectivity index (χ2n) is 3.89. The van der Waals surface area contributed by atoms with Crippen LogP contribution in [-0.2, 0) is 11.2 Å². The molecule has 7 heteroatoms. The Kier molecular flexibility index (Phi) is 5.22. The van der Waals surface area contributed by atoms with E-state index in [4.69, 9.17) is 11.5 Å². The van der Waals surface area contributed by atoms with Gasteiger partial charge in [0, 0.05) is 18.7 Å². The van der Waals surface area contributed by atoms with Gasteiger partial charge < -0.3 is 16.8 Å². The fraction of sp³-hybridized carbons (Fsp3) is 0.364. The van der Waals surface area contributed by atoms with E-state index in [9.17, 15) is 14.9 Å². The van der Waals surface area contributed by atoms with Crippen LogP contribution in [0.1, 0.15) is 5.56 Å². The Labute approximate surface area is 104 Å². The third kappa shape index (κ3) is 4.48. The second kappa shape index (κ2) is 6.67. The highest BCUT2D eigenvalue weighted by atomic mass is 16.6. The van der Waals surface area contributed by atoms with Crippen molar-refractivity contribution >= 4 is 11.6 Å². The number of carbonyl (C=O) groups is 1. The molecular formula is C11H16N4O3. The van der Waals surface area contributed by atoms with E-state index in [0.717, 1.165) is 5.56 Å². The molecule has 7 nitrogen and oxygen atoms in total. The molecule has 0 aliphatic heterocycles. The molecule has 0 bridgehead atoms. The van der Waals surface area contributed by atoms with Crippen molar-refractivity contribution < 1.29 is 9.72 Å². The zero-order chi connectivity index (χ0) is 13.5. The molecule has 0 fully saturated rings. The molecule has 1 amide bonds. The molecule has 18 heavy (non-hydrogen) atoms. The number of nitrogens with zero attached hydrogens (tertiary/aromatic N) is 1. The van der Waals surface area contributed by atoms with E-state index in [-0.39, 0.29) is 5.69 Å². The average Bonchev–Trinajstić information content (AvgIpc) is 2.34. The van der Waals surface area contributed by atoms with Gasteiger partial charge in [0.15, 0.2) is 0 Å². The Hall–Kier alpha value is -1.99. The lowest BCUT2D eigenvalue weighted by Crippen LogP contribution is -2.44. The van der Waals surface area contributed by atoms with Crippen LogP contribution in [0.25, 0.3) is 0 Å². The second-order valence-corrected chi connectivity index (χ2v) is 3.89. The summed E-state index contributed by atoms with van der Waals surface area (Å²) in [5.41, 5.74) is 11.5. The Bertz CT molecular complexity index is 419. The van der Waals surface area contributed by atoms with Crippen molar-refractivity contribution in [3.8, 4) is 0 Å². The summed E-state index contributed by atoms with van der Waals surface area (Å²) >= 11 is 0. The van der Waals surface area contributed by atoms with E-state index in [1.54, 1.807) is 12.1 Å². The molecule has 98 valence electrons. The molecule has 1 atom stereocenters. The number of nitro groups is 1. The van der Waals surface area contributed by atoms with Crippen LogP contribution in [0.5, 0.6) is 0 Å². The number of nitro benzene ring substituents is 1. The first-order chi connectivity index (χ1) is 8.50. The maximum Gasteiger partial charge on any atom is 0.269 e. The minimum absolute atomic E-state index is 0.0717. The number of carbonyl (C=O) groups excluding carboxylic acids is 1. The number of hydrogen-bond acceptors (Lipinski definition) is 5. The third-order valence-corrected chi connectivity index (χ3v) is 2.47. The van der Waals surface area contributed by atoms with Crippen LogP contribution >= 0.6 is 0 Å². The predicted octanol–water partition coefficient (Wildman–Crippen LogP) is -0.460. The molecule has 1 rings (SSSR count). The summed E-state index contributed by atoms with van der Waals surface area (Å²) in [7, 11) is 0. The summed E-state index contributed by atoms with van der Waals surface area (Å²) < 4.78 is 0. The van der Waals surface area contributed by atoms with Gasteiger partial charge in [0.05, 0.1) is 11.0 Å². The number of hydrogen-bond donors (Lipinski definition) is 3. The number of non-ortho nitro benzene ring substituents is 1. The highest BCUT2D eigenvalue weighted by molar-refractivity contribution is 5.79. The number of nitrogens with two attached hydrogens (primary N) is 2. The van der Waals surface area contributed by atoms with Crippen LogP contribution in [0.3, 0.4) is 0 Å². The molecule has 0 aliphatic rings. The summed E-state index contributed by atoms with van der Waals surface area (Å²) in [4.78, 5) is 20.7. The Morgan fingerprint density at radius 3 is 2.50 bits per heavy atom. The average molecular weight is 252 g/mol. The van der Waals surface area contributed by atoms with Crippen molar-refractivity contribution in [2.45, 2.75) is 12.5 Å². The molecule has 0 heterocycles. The lowest BCUT2D eigenvalue weighted by Gasteiger charge is -2.08. The van der Waals surface area contributed by atoms with Crippen LogP contribution < -0.4 is 16.8 Å². The zero-order valence-corrected chi connectivity index (χ0v) is 9.83. The fourth-order valence-electron chi connectivity index (χ4n) is 1.38. The van der Waals surface area contributed by atoms with Gasteiger partial charge in [0.1, 0.15) is 0 Å². The topological polar surface area (TPSA) is 124 Å². The number of rotatable bonds is 7. The highest BCUT2D eigenvalue weighted by Gasteiger charge is 2.07. The lowest BCUT2D eigenvalue weighted by molar-refractivity contribution is -0.384. The Morgan fingerprint density at radius 1 is 1.39 bits per heavy atom. The monoisotopic (exact) mass is 252 g/mol. The SMILES string of the molecule is NC(=O)C(N)CNCCc1ccc([N+](=O)[O-])cc1. The summed E-state index contributed by atoms with van der Waals surface area (Å²) in [6.07, 6.45) is 0.698. The van der Waals surface area contributed by atoms with Gasteiger partial charge in [0.25, 0.3) is 5.69 Å². The van der Waals surface area contributed by atoms with Crippen LogP contribution in [-0.4, -0.2) is 30.0 Å². The number of benzene rings is 1. The number of amides is 1. The van der Waals surface area contributed by atoms with Crippen molar-refractivity contribution in [1.82, 2.24) is 5.32 Å². The van der Waals surface area contributed by atoms with Gasteiger partial charge in [-0.25, -0.2) is 0 Å². The highest BCUT2D eigenvalue weighted by Crippen LogP contribution is 2.11. The molecule has 0 spiro atoms. The predicted molar refractivity (Wildman–Crippen MR) is 66.8 cm³/mol. The quantitative estimate of drug-likeness (QED) is 0.344. The summed E-state index contributed by atoms with van der Waals surface area (Å²) in [6.45, 7) is 0.946. The van der Waals surface area contributed by atoms with E-state index in [1.165, 1.54) is 12.1 Å². The summed E-state index contributed by atoms with van der Waals surface area (Å²) in [6, 6.07) is 5.64. The van der Waals surface area contributed by atoms with E-state index in [1.807, 2.05) is 0 Å². The molecule has 0 saturated heterocycles. The smallest absolute Gasteiger partial charge is 0.269 e. The normalized spacial score (nSPS) is 12.1. The molecule has 0 aliphatic carbocycles. The number of primary amides is 1. The van der Waals surface area contributed by atoms with Crippen LogP contribution in [0.15, 0.2) is 24.3 Å². The molecule has 0 radical (unpaired) electrons. The summed E-state index contributed by atoms with van der Waals surface area (Å²) in [5.74, 6) is -0.544. The molecule has 0 aromatic heterocycles. The Morgan fingerprint density at radius 2 is 2.00 bits per heavy atom. The van der Waals surface area contributed by atoms with E-state index in [2.05, 4.69) is 5.32 Å². The Balaban J connectivity index is 2.31.